The van der Waals surface area contributed by atoms with Crippen LogP contribution in [0.25, 0.3) is 10.9 Å². The number of aromatic nitrogens is 4. The first kappa shape index (κ1) is 18.8. The van der Waals surface area contributed by atoms with E-state index in [-0.39, 0.29) is 5.91 Å². The van der Waals surface area contributed by atoms with Gasteiger partial charge in [0.25, 0.3) is 0 Å². The van der Waals surface area contributed by atoms with E-state index in [2.05, 4.69) is 33.4 Å². The summed E-state index contributed by atoms with van der Waals surface area (Å²) in [6.45, 7) is 5.21. The maximum atomic E-state index is 12.5. The maximum Gasteiger partial charge on any atom is 0.224 e. The number of carbonyl (C=O) groups excluding carboxylic acids is 1. The van der Waals surface area contributed by atoms with Gasteiger partial charge < -0.3 is 5.32 Å². The second-order valence-corrected chi connectivity index (χ2v) is 7.18. The molecule has 1 N–H and O–H groups in total. The number of nitrogens with zero attached hydrogens (tertiary/aromatic N) is 4. The third-order valence-corrected chi connectivity index (χ3v) is 5.15. The molecule has 2 aromatic heterocycles. The molecule has 0 aliphatic rings. The Balaban J connectivity index is 1.38. The van der Waals surface area contributed by atoms with Crippen LogP contribution in [0.15, 0.2) is 61.2 Å². The number of amides is 1. The van der Waals surface area contributed by atoms with Gasteiger partial charge >= 0.3 is 0 Å². The number of para-hydroxylation sites is 1. The molecule has 0 aliphatic heterocycles. The Morgan fingerprint density at radius 2 is 1.79 bits per heavy atom. The number of rotatable bonds is 6. The number of fused-ring (bicyclic) bond motifs is 1. The van der Waals surface area contributed by atoms with Crippen LogP contribution in [0.3, 0.4) is 0 Å². The van der Waals surface area contributed by atoms with Crippen LogP contribution < -0.4 is 5.32 Å². The normalized spacial score (nSPS) is 11.0. The van der Waals surface area contributed by atoms with Crippen molar-refractivity contribution in [3.63, 3.8) is 0 Å². The van der Waals surface area contributed by atoms with Gasteiger partial charge in [0.1, 0.15) is 12.7 Å². The van der Waals surface area contributed by atoms with Crippen LogP contribution in [-0.4, -0.2) is 25.7 Å². The molecule has 0 aliphatic carbocycles. The Morgan fingerprint density at radius 1 is 1.03 bits per heavy atom. The molecule has 4 aromatic rings. The van der Waals surface area contributed by atoms with Gasteiger partial charge in [0.2, 0.25) is 5.91 Å². The van der Waals surface area contributed by atoms with E-state index in [0.29, 0.717) is 19.5 Å². The molecule has 2 heterocycles. The number of aryl methyl sites for hydroxylation is 2. The van der Waals surface area contributed by atoms with Crippen LogP contribution in [0, 0.1) is 13.8 Å². The highest BCUT2D eigenvalue weighted by Crippen LogP contribution is 2.22. The SMILES string of the molecule is Cc1nc2ccccc2c(C)c1CC(=O)NCc1ccc(Cn2cncn2)cc1. The van der Waals surface area contributed by atoms with Crippen molar-refractivity contribution in [2.75, 3.05) is 0 Å². The van der Waals surface area contributed by atoms with Crippen molar-refractivity contribution in [1.29, 1.82) is 0 Å². The van der Waals surface area contributed by atoms with Crippen molar-refractivity contribution < 1.29 is 4.79 Å². The van der Waals surface area contributed by atoms with Crippen molar-refractivity contribution in [1.82, 2.24) is 25.1 Å². The zero-order valence-electron chi connectivity index (χ0n) is 16.6. The Bertz CT molecular complexity index is 1130. The molecule has 1 amide bonds. The zero-order chi connectivity index (χ0) is 20.2. The van der Waals surface area contributed by atoms with Gasteiger partial charge in [0.05, 0.1) is 18.5 Å². The van der Waals surface area contributed by atoms with E-state index in [4.69, 9.17) is 0 Å². The lowest BCUT2D eigenvalue weighted by atomic mass is 9.99. The van der Waals surface area contributed by atoms with Gasteiger partial charge in [-0.2, -0.15) is 5.10 Å². The predicted molar refractivity (Wildman–Crippen MR) is 112 cm³/mol. The first-order chi connectivity index (χ1) is 14.1. The maximum absolute atomic E-state index is 12.5. The van der Waals surface area contributed by atoms with Crippen LogP contribution in [-0.2, 0) is 24.3 Å². The number of hydrogen-bond donors (Lipinski definition) is 1. The number of pyridine rings is 1. The van der Waals surface area contributed by atoms with Crippen molar-refractivity contribution in [2.24, 2.45) is 0 Å². The van der Waals surface area contributed by atoms with Crippen molar-refractivity contribution in [2.45, 2.75) is 33.4 Å². The molecule has 4 rings (SSSR count). The van der Waals surface area contributed by atoms with Crippen LogP contribution in [0.1, 0.15) is 27.9 Å². The molecule has 0 radical (unpaired) electrons. The van der Waals surface area contributed by atoms with Gasteiger partial charge in [0, 0.05) is 17.6 Å². The summed E-state index contributed by atoms with van der Waals surface area (Å²) in [6.07, 6.45) is 3.55. The predicted octanol–water partition coefficient (Wildman–Crippen LogP) is 3.35. The summed E-state index contributed by atoms with van der Waals surface area (Å²) in [4.78, 5) is 21.2. The lowest BCUT2D eigenvalue weighted by Crippen LogP contribution is -2.25. The fraction of sp³-hybridized carbons (Fsp3) is 0.217. The standard InChI is InChI=1S/C23H23N5O/c1-16-20-5-3-4-6-22(20)27-17(2)21(16)11-23(29)25-12-18-7-9-19(10-8-18)13-28-15-24-14-26-28/h3-10,14-15H,11-13H2,1-2H3,(H,25,29). The van der Waals surface area contributed by atoms with E-state index in [9.17, 15) is 4.79 Å². The number of benzene rings is 2. The topological polar surface area (TPSA) is 72.7 Å². The molecular weight excluding hydrogens is 362 g/mol. The molecule has 0 fully saturated rings. The fourth-order valence-corrected chi connectivity index (χ4v) is 3.52. The third-order valence-electron chi connectivity index (χ3n) is 5.15. The molecule has 2 aromatic carbocycles. The molecule has 0 spiro atoms. The molecule has 0 saturated carbocycles. The molecular formula is C23H23N5O. The summed E-state index contributed by atoms with van der Waals surface area (Å²) >= 11 is 0. The van der Waals surface area contributed by atoms with E-state index in [1.165, 1.54) is 6.33 Å². The average Bonchev–Trinajstić information content (AvgIpc) is 3.24. The van der Waals surface area contributed by atoms with Gasteiger partial charge in [-0.3, -0.25) is 9.78 Å². The minimum Gasteiger partial charge on any atom is -0.352 e. The fourth-order valence-electron chi connectivity index (χ4n) is 3.52. The zero-order valence-corrected chi connectivity index (χ0v) is 16.6. The van der Waals surface area contributed by atoms with Gasteiger partial charge in [-0.05, 0) is 42.2 Å². The Morgan fingerprint density at radius 3 is 2.55 bits per heavy atom. The molecule has 0 unspecified atom stereocenters. The smallest absolute Gasteiger partial charge is 0.224 e. The largest absolute Gasteiger partial charge is 0.352 e. The van der Waals surface area contributed by atoms with E-state index < -0.39 is 0 Å². The highest BCUT2D eigenvalue weighted by molar-refractivity contribution is 5.86. The number of hydrogen-bond acceptors (Lipinski definition) is 4. The van der Waals surface area contributed by atoms with Crippen LogP contribution >= 0.6 is 0 Å². The Kier molecular flexibility index (Phi) is 5.33. The summed E-state index contributed by atoms with van der Waals surface area (Å²) < 4.78 is 1.78. The number of carbonyl (C=O) groups is 1. The first-order valence-electron chi connectivity index (χ1n) is 9.62. The second-order valence-electron chi connectivity index (χ2n) is 7.18. The van der Waals surface area contributed by atoms with E-state index in [0.717, 1.165) is 38.9 Å². The summed E-state index contributed by atoms with van der Waals surface area (Å²) in [5.41, 5.74) is 6.21. The van der Waals surface area contributed by atoms with E-state index >= 15 is 0 Å². The monoisotopic (exact) mass is 385 g/mol. The molecule has 29 heavy (non-hydrogen) atoms. The summed E-state index contributed by atoms with van der Waals surface area (Å²) in [5.74, 6) is -0.0000249. The van der Waals surface area contributed by atoms with Gasteiger partial charge in [-0.15, -0.1) is 0 Å². The van der Waals surface area contributed by atoms with Crippen LogP contribution in [0.2, 0.25) is 0 Å². The molecule has 6 nitrogen and oxygen atoms in total. The molecule has 6 heteroatoms. The summed E-state index contributed by atoms with van der Waals surface area (Å²) in [7, 11) is 0. The van der Waals surface area contributed by atoms with Gasteiger partial charge in [-0.1, -0.05) is 42.5 Å². The lowest BCUT2D eigenvalue weighted by Gasteiger charge is -2.13. The summed E-state index contributed by atoms with van der Waals surface area (Å²) in [6, 6.07) is 16.2. The molecule has 0 atom stereocenters. The number of nitrogens with one attached hydrogen (secondary N) is 1. The van der Waals surface area contributed by atoms with Gasteiger partial charge in [-0.25, -0.2) is 9.67 Å². The van der Waals surface area contributed by atoms with Crippen molar-refractivity contribution in [3.05, 3.63) is 89.1 Å². The Hall–Kier alpha value is -3.54. The lowest BCUT2D eigenvalue weighted by molar-refractivity contribution is -0.120. The van der Waals surface area contributed by atoms with E-state index in [1.54, 1.807) is 11.0 Å². The van der Waals surface area contributed by atoms with Crippen molar-refractivity contribution >= 4 is 16.8 Å². The minimum absolute atomic E-state index is 0.0000249. The van der Waals surface area contributed by atoms with Crippen LogP contribution in [0.4, 0.5) is 0 Å². The Labute approximate surface area is 169 Å². The van der Waals surface area contributed by atoms with Gasteiger partial charge in [0.15, 0.2) is 0 Å². The second kappa shape index (κ2) is 8.22. The first-order valence-corrected chi connectivity index (χ1v) is 9.62. The van der Waals surface area contributed by atoms with Crippen molar-refractivity contribution in [3.8, 4) is 0 Å². The third kappa shape index (κ3) is 4.32. The highest BCUT2D eigenvalue weighted by atomic mass is 16.1. The molecule has 146 valence electrons. The summed E-state index contributed by atoms with van der Waals surface area (Å²) in [5, 5.41) is 8.23. The minimum atomic E-state index is -0.0000249. The molecule has 0 bridgehead atoms. The van der Waals surface area contributed by atoms with Crippen LogP contribution in [0.5, 0.6) is 0 Å². The average molecular weight is 385 g/mol. The molecule has 0 saturated heterocycles. The highest BCUT2D eigenvalue weighted by Gasteiger charge is 2.13. The quantitative estimate of drug-likeness (QED) is 0.552. The van der Waals surface area contributed by atoms with E-state index in [1.807, 2.05) is 49.4 Å².